The highest BCUT2D eigenvalue weighted by Crippen LogP contribution is 2.29. The van der Waals surface area contributed by atoms with Crippen molar-refractivity contribution in [2.45, 2.75) is 6.92 Å². The first-order chi connectivity index (χ1) is 12.4. The van der Waals surface area contributed by atoms with Gasteiger partial charge >= 0.3 is 0 Å². The number of carbonyl (C=O) groups is 2. The summed E-state index contributed by atoms with van der Waals surface area (Å²) in [6.45, 7) is 1.93. The van der Waals surface area contributed by atoms with Gasteiger partial charge in [0.25, 0.3) is 5.91 Å². The highest BCUT2D eigenvalue weighted by Gasteiger charge is 2.38. The Morgan fingerprint density at radius 3 is 2.58 bits per heavy atom. The fourth-order valence-electron chi connectivity index (χ4n) is 2.42. The van der Waals surface area contributed by atoms with Gasteiger partial charge in [0.05, 0.1) is 5.69 Å². The van der Waals surface area contributed by atoms with Gasteiger partial charge in [0.15, 0.2) is 11.0 Å². The Labute approximate surface area is 160 Å². The second-order valence-corrected chi connectivity index (χ2v) is 6.52. The quantitative estimate of drug-likeness (QED) is 0.481. The van der Waals surface area contributed by atoms with Crippen LogP contribution in [0.5, 0.6) is 5.75 Å². The number of aromatic hydroxyl groups is 1. The van der Waals surface area contributed by atoms with Gasteiger partial charge in [-0.15, -0.1) is 0 Å². The van der Waals surface area contributed by atoms with E-state index in [2.05, 4.69) is 10.3 Å². The number of aryl methyl sites for hydroxylation is 1. The summed E-state index contributed by atoms with van der Waals surface area (Å²) in [7, 11) is 0. The van der Waals surface area contributed by atoms with E-state index >= 15 is 0 Å². The number of carbonyl (C=O) groups excluding carboxylic acids is 2. The SMILES string of the molecule is Cc1ccc(N2C(=O)[C@@H](C=Nc3ccc(Cl)cc3O)C(=O)NC2=S)cc1. The lowest BCUT2D eigenvalue weighted by molar-refractivity contribution is -0.130. The number of phenols is 1. The van der Waals surface area contributed by atoms with Crippen LogP contribution in [0.25, 0.3) is 0 Å². The highest BCUT2D eigenvalue weighted by atomic mass is 35.5. The molecule has 1 aliphatic heterocycles. The largest absolute Gasteiger partial charge is 0.506 e. The van der Waals surface area contributed by atoms with Gasteiger partial charge in [-0.05, 0) is 43.4 Å². The van der Waals surface area contributed by atoms with Crippen LogP contribution in [0.15, 0.2) is 47.5 Å². The van der Waals surface area contributed by atoms with Gasteiger partial charge in [-0.25, -0.2) is 0 Å². The number of halogens is 1. The van der Waals surface area contributed by atoms with E-state index in [9.17, 15) is 14.7 Å². The molecule has 0 saturated carbocycles. The molecular formula is C18H14ClN3O3S. The van der Waals surface area contributed by atoms with Crippen molar-refractivity contribution in [3.8, 4) is 5.75 Å². The van der Waals surface area contributed by atoms with E-state index in [-0.39, 0.29) is 16.5 Å². The number of amides is 2. The Morgan fingerprint density at radius 2 is 1.92 bits per heavy atom. The molecule has 0 spiro atoms. The normalized spacial score (nSPS) is 17.7. The number of phenolic OH excluding ortho intramolecular Hbond substituents is 1. The molecule has 2 aromatic carbocycles. The molecule has 1 fully saturated rings. The zero-order valence-electron chi connectivity index (χ0n) is 13.6. The van der Waals surface area contributed by atoms with Gasteiger partial charge in [0.1, 0.15) is 11.4 Å². The zero-order chi connectivity index (χ0) is 18.8. The van der Waals surface area contributed by atoms with E-state index in [4.69, 9.17) is 23.8 Å². The van der Waals surface area contributed by atoms with Crippen LogP contribution in [0.2, 0.25) is 5.02 Å². The van der Waals surface area contributed by atoms with Gasteiger partial charge in [-0.1, -0.05) is 29.3 Å². The number of hydrogen-bond donors (Lipinski definition) is 2. The molecular weight excluding hydrogens is 374 g/mol. The molecule has 0 radical (unpaired) electrons. The van der Waals surface area contributed by atoms with Crippen molar-refractivity contribution in [3.63, 3.8) is 0 Å². The molecule has 132 valence electrons. The minimum absolute atomic E-state index is 0.0165. The summed E-state index contributed by atoms with van der Waals surface area (Å²) in [6.07, 6.45) is 1.18. The number of nitrogens with one attached hydrogen (secondary N) is 1. The van der Waals surface area contributed by atoms with Crippen molar-refractivity contribution in [3.05, 3.63) is 53.1 Å². The van der Waals surface area contributed by atoms with Crippen LogP contribution in [-0.4, -0.2) is 28.2 Å². The number of anilines is 1. The Kier molecular flexibility index (Phi) is 5.01. The average molecular weight is 388 g/mol. The standard InChI is InChI=1S/C18H14ClN3O3S/c1-10-2-5-12(6-3-10)22-17(25)13(16(24)21-18(22)26)9-20-14-7-4-11(19)8-15(14)23/h2-9,13,23H,1H3,(H,21,24,26)/t13-/m0/s1. The second kappa shape index (κ2) is 7.23. The number of thiocarbonyl (C=S) groups is 1. The molecule has 2 aromatic rings. The van der Waals surface area contributed by atoms with Gasteiger partial charge in [-0.3, -0.25) is 19.5 Å². The molecule has 2 N–H and O–H groups in total. The van der Waals surface area contributed by atoms with Gasteiger partial charge in [0.2, 0.25) is 5.91 Å². The van der Waals surface area contributed by atoms with E-state index < -0.39 is 17.7 Å². The van der Waals surface area contributed by atoms with Crippen molar-refractivity contribution in [1.29, 1.82) is 0 Å². The Balaban J connectivity index is 1.90. The minimum atomic E-state index is -1.17. The topological polar surface area (TPSA) is 82.0 Å². The number of hydrogen-bond acceptors (Lipinski definition) is 5. The second-order valence-electron chi connectivity index (χ2n) is 5.69. The molecule has 1 aliphatic rings. The van der Waals surface area contributed by atoms with Crippen LogP contribution in [0.4, 0.5) is 11.4 Å². The van der Waals surface area contributed by atoms with Crippen molar-refractivity contribution in [2.75, 3.05) is 4.90 Å². The summed E-state index contributed by atoms with van der Waals surface area (Å²) in [5.74, 6) is -2.40. The molecule has 1 atom stereocenters. The van der Waals surface area contributed by atoms with Crippen LogP contribution in [-0.2, 0) is 9.59 Å². The molecule has 0 aromatic heterocycles. The minimum Gasteiger partial charge on any atom is -0.506 e. The van der Waals surface area contributed by atoms with Gasteiger partial charge in [0, 0.05) is 17.3 Å². The third-order valence-corrected chi connectivity index (χ3v) is 4.31. The molecule has 2 amide bonds. The highest BCUT2D eigenvalue weighted by molar-refractivity contribution is 7.80. The molecule has 0 aliphatic carbocycles. The smallest absolute Gasteiger partial charge is 0.251 e. The Morgan fingerprint density at radius 1 is 1.23 bits per heavy atom. The molecule has 8 heteroatoms. The van der Waals surface area contributed by atoms with Crippen LogP contribution >= 0.6 is 23.8 Å². The summed E-state index contributed by atoms with van der Waals surface area (Å²) in [5, 5.41) is 12.7. The van der Waals surface area contributed by atoms with Gasteiger partial charge in [-0.2, -0.15) is 0 Å². The summed E-state index contributed by atoms with van der Waals surface area (Å²) in [4.78, 5) is 30.3. The van der Waals surface area contributed by atoms with E-state index in [1.807, 2.05) is 19.1 Å². The summed E-state index contributed by atoms with van der Waals surface area (Å²) in [5.41, 5.74) is 1.79. The first-order valence-electron chi connectivity index (χ1n) is 7.65. The zero-order valence-corrected chi connectivity index (χ0v) is 15.2. The van der Waals surface area contributed by atoms with Crippen molar-refractivity contribution in [1.82, 2.24) is 5.32 Å². The van der Waals surface area contributed by atoms with Crippen LogP contribution < -0.4 is 10.2 Å². The number of rotatable bonds is 3. The third kappa shape index (κ3) is 3.58. The fraction of sp³-hybridized carbons (Fsp3) is 0.111. The van der Waals surface area contributed by atoms with Crippen molar-refractivity contribution in [2.24, 2.45) is 10.9 Å². The fourth-order valence-corrected chi connectivity index (χ4v) is 2.88. The lowest BCUT2D eigenvalue weighted by atomic mass is 10.1. The van der Waals surface area contributed by atoms with E-state index in [1.165, 1.54) is 23.2 Å². The lowest BCUT2D eigenvalue weighted by Crippen LogP contribution is -2.58. The molecule has 3 rings (SSSR count). The number of nitrogens with zero attached hydrogens (tertiary/aromatic N) is 2. The van der Waals surface area contributed by atoms with E-state index in [0.717, 1.165) is 5.56 Å². The van der Waals surface area contributed by atoms with Crippen molar-refractivity contribution >= 4 is 58.3 Å². The lowest BCUT2D eigenvalue weighted by Gasteiger charge is -2.30. The maximum atomic E-state index is 12.8. The maximum absolute atomic E-state index is 12.8. The first kappa shape index (κ1) is 18.0. The Hall–Kier alpha value is -2.77. The predicted molar refractivity (Wildman–Crippen MR) is 104 cm³/mol. The van der Waals surface area contributed by atoms with Crippen LogP contribution in [0.3, 0.4) is 0 Å². The summed E-state index contributed by atoms with van der Waals surface area (Å²) in [6, 6.07) is 11.5. The molecule has 6 nitrogen and oxygen atoms in total. The number of benzene rings is 2. The average Bonchev–Trinajstić information content (AvgIpc) is 2.57. The summed E-state index contributed by atoms with van der Waals surface area (Å²) < 4.78 is 0. The molecule has 1 heterocycles. The van der Waals surface area contributed by atoms with Crippen LogP contribution in [0.1, 0.15) is 5.56 Å². The molecule has 1 saturated heterocycles. The molecule has 0 bridgehead atoms. The molecule has 26 heavy (non-hydrogen) atoms. The first-order valence-corrected chi connectivity index (χ1v) is 8.43. The molecule has 0 unspecified atom stereocenters. The summed E-state index contributed by atoms with van der Waals surface area (Å²) >= 11 is 10.9. The van der Waals surface area contributed by atoms with Crippen LogP contribution in [0, 0.1) is 12.8 Å². The maximum Gasteiger partial charge on any atom is 0.251 e. The number of aliphatic imine (C=N–C) groups is 1. The van der Waals surface area contributed by atoms with Crippen molar-refractivity contribution < 1.29 is 14.7 Å². The van der Waals surface area contributed by atoms with E-state index in [0.29, 0.717) is 10.7 Å². The predicted octanol–water partition coefficient (Wildman–Crippen LogP) is 3.12. The van der Waals surface area contributed by atoms with Gasteiger partial charge < -0.3 is 10.4 Å². The third-order valence-electron chi connectivity index (χ3n) is 3.79. The monoisotopic (exact) mass is 387 g/mol. The van der Waals surface area contributed by atoms with E-state index in [1.54, 1.807) is 18.2 Å². The Bertz CT molecular complexity index is 928.